The monoisotopic (exact) mass is 189 g/mol. The predicted molar refractivity (Wildman–Crippen MR) is 50.3 cm³/mol. The van der Waals surface area contributed by atoms with Crippen LogP contribution in [0.1, 0.15) is 20.3 Å². The Kier molecular flexibility index (Phi) is 3.40. The fraction of sp³-hybridized carbons (Fsp3) is 0.875. The molecule has 1 aliphatic heterocycles. The second kappa shape index (κ2) is 4.14. The van der Waals surface area contributed by atoms with E-state index in [1.165, 1.54) is 0 Å². The first kappa shape index (κ1) is 9.86. The molecule has 0 aliphatic carbocycles. The van der Waals surface area contributed by atoms with Crippen molar-refractivity contribution in [1.82, 2.24) is 5.32 Å². The van der Waals surface area contributed by atoms with Crippen LogP contribution in [-0.4, -0.2) is 28.2 Å². The van der Waals surface area contributed by atoms with E-state index in [1.807, 2.05) is 0 Å². The van der Waals surface area contributed by atoms with Gasteiger partial charge < -0.3 is 5.11 Å². The van der Waals surface area contributed by atoms with Crippen molar-refractivity contribution in [2.24, 2.45) is 5.92 Å². The standard InChI is InChI=1S/C8H15NO2S/c1-3-5(2)7-9-6(4-12-7)8(10)11/h5-7,9H,3-4H2,1-2H3,(H,10,11)/t5-,6-,7+/m1/s1. The fourth-order valence-electron chi connectivity index (χ4n) is 1.18. The van der Waals surface area contributed by atoms with Crippen LogP contribution in [0.15, 0.2) is 0 Å². The van der Waals surface area contributed by atoms with Gasteiger partial charge in [0.1, 0.15) is 6.04 Å². The summed E-state index contributed by atoms with van der Waals surface area (Å²) in [5.41, 5.74) is 0. The molecule has 4 heteroatoms. The summed E-state index contributed by atoms with van der Waals surface area (Å²) < 4.78 is 0. The molecule has 2 N–H and O–H groups in total. The summed E-state index contributed by atoms with van der Waals surface area (Å²) in [6.45, 7) is 4.27. The van der Waals surface area contributed by atoms with Gasteiger partial charge in [-0.25, -0.2) is 0 Å². The van der Waals surface area contributed by atoms with Gasteiger partial charge in [-0.3, -0.25) is 10.1 Å². The third kappa shape index (κ3) is 2.14. The van der Waals surface area contributed by atoms with E-state index >= 15 is 0 Å². The summed E-state index contributed by atoms with van der Waals surface area (Å²) in [6, 6.07) is -0.339. The number of thioether (sulfide) groups is 1. The molecule has 0 radical (unpaired) electrons. The molecule has 70 valence electrons. The molecule has 0 bridgehead atoms. The minimum Gasteiger partial charge on any atom is -0.480 e. The van der Waals surface area contributed by atoms with E-state index in [0.717, 1.165) is 6.42 Å². The second-order valence-corrected chi connectivity index (χ2v) is 4.37. The molecular weight excluding hydrogens is 174 g/mol. The summed E-state index contributed by atoms with van der Waals surface area (Å²) in [4.78, 5) is 10.6. The smallest absolute Gasteiger partial charge is 0.321 e. The van der Waals surface area contributed by atoms with Gasteiger partial charge in [-0.05, 0) is 5.92 Å². The molecule has 3 nitrogen and oxygen atoms in total. The van der Waals surface area contributed by atoms with Gasteiger partial charge in [0, 0.05) is 5.75 Å². The second-order valence-electron chi connectivity index (χ2n) is 3.20. The van der Waals surface area contributed by atoms with Gasteiger partial charge in [0.05, 0.1) is 5.37 Å². The zero-order chi connectivity index (χ0) is 9.14. The van der Waals surface area contributed by atoms with Gasteiger partial charge in [0.25, 0.3) is 0 Å². The lowest BCUT2D eigenvalue weighted by atomic mass is 10.1. The molecule has 12 heavy (non-hydrogen) atoms. The molecule has 0 aromatic carbocycles. The highest BCUT2D eigenvalue weighted by Crippen LogP contribution is 2.26. The van der Waals surface area contributed by atoms with Crippen LogP contribution in [0.5, 0.6) is 0 Å². The van der Waals surface area contributed by atoms with Crippen LogP contribution >= 0.6 is 11.8 Å². The SMILES string of the molecule is CC[C@@H](C)[C@H]1N[C@@H](C(=O)O)CS1. The predicted octanol–water partition coefficient (Wildman–Crippen LogP) is 1.15. The summed E-state index contributed by atoms with van der Waals surface area (Å²) in [5, 5.41) is 12.1. The van der Waals surface area contributed by atoms with Crippen LogP contribution in [-0.2, 0) is 4.79 Å². The Morgan fingerprint density at radius 1 is 1.83 bits per heavy atom. The zero-order valence-corrected chi connectivity index (χ0v) is 8.23. The number of nitrogens with one attached hydrogen (secondary N) is 1. The van der Waals surface area contributed by atoms with E-state index in [0.29, 0.717) is 17.0 Å². The largest absolute Gasteiger partial charge is 0.480 e. The highest BCUT2D eigenvalue weighted by molar-refractivity contribution is 8.00. The summed E-state index contributed by atoms with van der Waals surface area (Å²) in [7, 11) is 0. The van der Waals surface area contributed by atoms with Gasteiger partial charge in [0.15, 0.2) is 0 Å². The number of hydrogen-bond acceptors (Lipinski definition) is 3. The van der Waals surface area contributed by atoms with Gasteiger partial charge in [-0.1, -0.05) is 20.3 Å². The summed E-state index contributed by atoms with van der Waals surface area (Å²) in [5.74, 6) is 0.525. The van der Waals surface area contributed by atoms with Crippen LogP contribution in [0, 0.1) is 5.92 Å². The van der Waals surface area contributed by atoms with E-state index in [-0.39, 0.29) is 6.04 Å². The minimum atomic E-state index is -0.728. The van der Waals surface area contributed by atoms with Crippen LogP contribution < -0.4 is 5.32 Å². The molecule has 1 fully saturated rings. The molecule has 0 aromatic rings. The first-order valence-electron chi connectivity index (χ1n) is 4.25. The lowest BCUT2D eigenvalue weighted by Gasteiger charge is -2.16. The van der Waals surface area contributed by atoms with Crippen molar-refractivity contribution in [1.29, 1.82) is 0 Å². The van der Waals surface area contributed by atoms with Crippen molar-refractivity contribution in [3.05, 3.63) is 0 Å². The van der Waals surface area contributed by atoms with Crippen LogP contribution in [0.4, 0.5) is 0 Å². The zero-order valence-electron chi connectivity index (χ0n) is 7.41. The Morgan fingerprint density at radius 3 is 2.92 bits per heavy atom. The van der Waals surface area contributed by atoms with E-state index in [1.54, 1.807) is 11.8 Å². The van der Waals surface area contributed by atoms with Crippen molar-refractivity contribution in [2.75, 3.05) is 5.75 Å². The van der Waals surface area contributed by atoms with Gasteiger partial charge in [0.2, 0.25) is 0 Å². The summed E-state index contributed by atoms with van der Waals surface area (Å²) in [6.07, 6.45) is 1.09. The van der Waals surface area contributed by atoms with Gasteiger partial charge in [-0.2, -0.15) is 0 Å². The first-order chi connectivity index (χ1) is 5.65. The Balaban J connectivity index is 2.40. The maximum atomic E-state index is 10.6. The third-order valence-corrected chi connectivity index (χ3v) is 3.75. The molecule has 1 aliphatic rings. The molecule has 0 aromatic heterocycles. The normalized spacial score (nSPS) is 31.8. The number of carboxylic acid groups (broad SMARTS) is 1. The maximum absolute atomic E-state index is 10.6. The molecule has 1 saturated heterocycles. The lowest BCUT2D eigenvalue weighted by molar-refractivity contribution is -0.138. The number of hydrogen-bond donors (Lipinski definition) is 2. The minimum absolute atomic E-state index is 0.330. The molecule has 0 amide bonds. The third-order valence-electron chi connectivity index (χ3n) is 2.27. The Hall–Kier alpha value is -0.220. The first-order valence-corrected chi connectivity index (χ1v) is 5.30. The highest BCUT2D eigenvalue weighted by atomic mass is 32.2. The van der Waals surface area contributed by atoms with E-state index in [2.05, 4.69) is 19.2 Å². The molecule has 0 saturated carbocycles. The van der Waals surface area contributed by atoms with Crippen LogP contribution in [0.3, 0.4) is 0 Å². The van der Waals surface area contributed by atoms with Crippen molar-refractivity contribution in [2.45, 2.75) is 31.7 Å². The quantitative estimate of drug-likeness (QED) is 0.699. The topological polar surface area (TPSA) is 49.3 Å². The summed E-state index contributed by atoms with van der Waals surface area (Å²) >= 11 is 1.72. The van der Waals surface area contributed by atoms with Gasteiger partial charge in [-0.15, -0.1) is 11.8 Å². The average molecular weight is 189 g/mol. The molecule has 1 heterocycles. The van der Waals surface area contributed by atoms with E-state index < -0.39 is 5.97 Å². The lowest BCUT2D eigenvalue weighted by Crippen LogP contribution is -2.38. The van der Waals surface area contributed by atoms with Gasteiger partial charge >= 0.3 is 5.97 Å². The molecule has 0 spiro atoms. The average Bonchev–Trinajstić information content (AvgIpc) is 2.51. The molecule has 0 unspecified atom stereocenters. The molecule has 3 atom stereocenters. The number of aliphatic carboxylic acids is 1. The van der Waals surface area contributed by atoms with Crippen molar-refractivity contribution < 1.29 is 9.90 Å². The number of carbonyl (C=O) groups is 1. The van der Waals surface area contributed by atoms with Crippen molar-refractivity contribution >= 4 is 17.7 Å². The van der Waals surface area contributed by atoms with E-state index in [9.17, 15) is 4.79 Å². The highest BCUT2D eigenvalue weighted by Gasteiger charge is 2.31. The number of carboxylic acids is 1. The Morgan fingerprint density at radius 2 is 2.50 bits per heavy atom. The Labute approximate surface area is 76.9 Å². The number of rotatable bonds is 3. The van der Waals surface area contributed by atoms with Crippen LogP contribution in [0.2, 0.25) is 0 Å². The van der Waals surface area contributed by atoms with Crippen molar-refractivity contribution in [3.8, 4) is 0 Å². The van der Waals surface area contributed by atoms with Crippen LogP contribution in [0.25, 0.3) is 0 Å². The maximum Gasteiger partial charge on any atom is 0.321 e. The molecule has 1 rings (SSSR count). The fourth-order valence-corrected chi connectivity index (χ4v) is 2.60. The Bertz CT molecular complexity index is 174. The van der Waals surface area contributed by atoms with Crippen molar-refractivity contribution in [3.63, 3.8) is 0 Å². The van der Waals surface area contributed by atoms with E-state index in [4.69, 9.17) is 5.11 Å². The molecular formula is C8H15NO2S.